The molecule has 154 valence electrons. The SMILES string of the molecule is CS(=O)(=O)N1CCCCC1C(=O)Nc1ccc(Oc2cccc(C(N)=O)c2)nc1. The topological polar surface area (TPSA) is 132 Å². The molecule has 2 amide bonds. The third-order valence-electron chi connectivity index (χ3n) is 4.53. The van der Waals surface area contributed by atoms with E-state index in [1.54, 1.807) is 30.3 Å². The van der Waals surface area contributed by atoms with E-state index in [2.05, 4.69) is 10.3 Å². The number of nitrogens with two attached hydrogens (primary N) is 1. The molecule has 3 N–H and O–H groups in total. The van der Waals surface area contributed by atoms with Gasteiger partial charge in [0.05, 0.1) is 18.1 Å². The van der Waals surface area contributed by atoms with Gasteiger partial charge in [0.1, 0.15) is 11.8 Å². The van der Waals surface area contributed by atoms with E-state index in [1.807, 2.05) is 0 Å². The number of anilines is 1. The van der Waals surface area contributed by atoms with Crippen LogP contribution in [0.4, 0.5) is 5.69 Å². The van der Waals surface area contributed by atoms with Crippen LogP contribution in [0.2, 0.25) is 0 Å². The lowest BCUT2D eigenvalue weighted by Crippen LogP contribution is -2.49. The van der Waals surface area contributed by atoms with Crippen LogP contribution in [0.5, 0.6) is 11.6 Å². The van der Waals surface area contributed by atoms with Crippen molar-refractivity contribution >= 4 is 27.5 Å². The molecule has 9 nitrogen and oxygen atoms in total. The van der Waals surface area contributed by atoms with Crippen LogP contribution in [0.25, 0.3) is 0 Å². The van der Waals surface area contributed by atoms with Gasteiger partial charge in [-0.1, -0.05) is 12.5 Å². The number of benzene rings is 1. The number of carbonyl (C=O) groups is 2. The van der Waals surface area contributed by atoms with Crippen LogP contribution >= 0.6 is 0 Å². The van der Waals surface area contributed by atoms with Crippen molar-refractivity contribution in [2.24, 2.45) is 5.73 Å². The molecule has 1 fully saturated rings. The molecule has 0 bridgehead atoms. The van der Waals surface area contributed by atoms with Gasteiger partial charge < -0.3 is 15.8 Å². The predicted molar refractivity (Wildman–Crippen MR) is 107 cm³/mol. The normalized spacial score (nSPS) is 17.5. The van der Waals surface area contributed by atoms with Gasteiger partial charge in [0.2, 0.25) is 27.7 Å². The average molecular weight is 418 g/mol. The van der Waals surface area contributed by atoms with E-state index in [-0.39, 0.29) is 11.8 Å². The summed E-state index contributed by atoms with van der Waals surface area (Å²) in [5.41, 5.74) is 5.99. The van der Waals surface area contributed by atoms with Crippen LogP contribution in [0.1, 0.15) is 29.6 Å². The van der Waals surface area contributed by atoms with Crippen LogP contribution in [-0.2, 0) is 14.8 Å². The lowest BCUT2D eigenvalue weighted by atomic mass is 10.0. The molecule has 0 radical (unpaired) electrons. The number of piperidine rings is 1. The summed E-state index contributed by atoms with van der Waals surface area (Å²) in [6.07, 6.45) is 4.53. The first kappa shape index (κ1) is 20.7. The second kappa shape index (κ2) is 8.58. The Morgan fingerprint density at radius 3 is 2.69 bits per heavy atom. The zero-order valence-electron chi connectivity index (χ0n) is 15.9. The van der Waals surface area contributed by atoms with E-state index < -0.39 is 22.0 Å². The van der Waals surface area contributed by atoms with E-state index in [4.69, 9.17) is 10.5 Å². The first-order chi connectivity index (χ1) is 13.7. The Labute approximate surface area is 168 Å². The van der Waals surface area contributed by atoms with Gasteiger partial charge in [-0.2, -0.15) is 4.31 Å². The van der Waals surface area contributed by atoms with Gasteiger partial charge in [0, 0.05) is 18.2 Å². The number of rotatable bonds is 6. The molecular formula is C19H22N4O5S. The average Bonchev–Trinajstić information content (AvgIpc) is 2.69. The summed E-state index contributed by atoms with van der Waals surface area (Å²) in [7, 11) is -3.46. The van der Waals surface area contributed by atoms with Crippen molar-refractivity contribution in [3.63, 3.8) is 0 Å². The second-order valence-electron chi connectivity index (χ2n) is 6.75. The third kappa shape index (κ3) is 5.30. The minimum Gasteiger partial charge on any atom is -0.439 e. The first-order valence-corrected chi connectivity index (χ1v) is 10.9. The van der Waals surface area contributed by atoms with E-state index in [1.165, 1.54) is 16.6 Å². The van der Waals surface area contributed by atoms with Gasteiger partial charge >= 0.3 is 0 Å². The fraction of sp³-hybridized carbons (Fsp3) is 0.316. The van der Waals surface area contributed by atoms with Gasteiger partial charge in [-0.25, -0.2) is 13.4 Å². The van der Waals surface area contributed by atoms with Gasteiger partial charge in [0.25, 0.3) is 0 Å². The standard InChI is InChI=1S/C19H22N4O5S/c1-29(26,27)23-10-3-2-7-16(23)19(25)22-14-8-9-17(21-12-14)28-15-6-4-5-13(11-15)18(20)24/h4-6,8-9,11-12,16H,2-3,7,10H2,1H3,(H2,20,24)(H,22,25). The smallest absolute Gasteiger partial charge is 0.248 e. The fourth-order valence-corrected chi connectivity index (χ4v) is 4.26. The molecule has 29 heavy (non-hydrogen) atoms. The summed E-state index contributed by atoms with van der Waals surface area (Å²) in [4.78, 5) is 27.9. The molecule has 2 aromatic rings. The summed E-state index contributed by atoms with van der Waals surface area (Å²) in [6, 6.07) is 8.81. The van der Waals surface area contributed by atoms with E-state index in [0.717, 1.165) is 19.1 Å². The Balaban J connectivity index is 1.66. The lowest BCUT2D eigenvalue weighted by Gasteiger charge is -2.32. The summed E-state index contributed by atoms with van der Waals surface area (Å²) in [5.74, 6) is -0.288. The third-order valence-corrected chi connectivity index (χ3v) is 5.82. The molecule has 0 saturated carbocycles. The number of aromatic nitrogens is 1. The molecule has 1 unspecified atom stereocenters. The van der Waals surface area contributed by atoms with E-state index in [9.17, 15) is 18.0 Å². The number of hydrogen-bond acceptors (Lipinski definition) is 6. The minimum atomic E-state index is -3.46. The number of amides is 2. The van der Waals surface area contributed by atoms with Gasteiger partial charge in [0.15, 0.2) is 0 Å². The Hall–Kier alpha value is -2.98. The highest BCUT2D eigenvalue weighted by atomic mass is 32.2. The van der Waals surface area contributed by atoms with Crippen molar-refractivity contribution < 1.29 is 22.7 Å². The Morgan fingerprint density at radius 1 is 1.24 bits per heavy atom. The van der Waals surface area contributed by atoms with Crippen LogP contribution in [0, 0.1) is 0 Å². The van der Waals surface area contributed by atoms with Gasteiger partial charge in [-0.15, -0.1) is 0 Å². The molecule has 1 saturated heterocycles. The molecule has 1 aromatic carbocycles. The number of sulfonamides is 1. The van der Waals surface area contributed by atoms with Gasteiger partial charge in [-0.3, -0.25) is 9.59 Å². The maximum Gasteiger partial charge on any atom is 0.248 e. The highest BCUT2D eigenvalue weighted by Crippen LogP contribution is 2.23. The molecule has 1 aliphatic rings. The number of nitrogens with one attached hydrogen (secondary N) is 1. The highest BCUT2D eigenvalue weighted by Gasteiger charge is 2.34. The van der Waals surface area contributed by atoms with Crippen LogP contribution < -0.4 is 15.8 Å². The Bertz CT molecular complexity index is 1010. The number of primary amides is 1. The molecule has 0 aliphatic carbocycles. The summed E-state index contributed by atoms with van der Waals surface area (Å²) in [6.45, 7) is 0.340. The number of ether oxygens (including phenoxy) is 1. The maximum absolute atomic E-state index is 12.6. The zero-order chi connectivity index (χ0) is 21.0. The quantitative estimate of drug-likeness (QED) is 0.734. The van der Waals surface area contributed by atoms with Crippen molar-refractivity contribution in [1.29, 1.82) is 0 Å². The van der Waals surface area contributed by atoms with Crippen LogP contribution in [0.3, 0.4) is 0 Å². The maximum atomic E-state index is 12.6. The molecule has 1 aliphatic heterocycles. The molecule has 0 spiro atoms. The summed E-state index contributed by atoms with van der Waals surface area (Å²) in [5, 5.41) is 2.70. The number of pyridine rings is 1. The van der Waals surface area contributed by atoms with Crippen molar-refractivity contribution in [2.45, 2.75) is 25.3 Å². The van der Waals surface area contributed by atoms with E-state index in [0.29, 0.717) is 30.0 Å². The highest BCUT2D eigenvalue weighted by molar-refractivity contribution is 7.88. The Morgan fingerprint density at radius 2 is 2.03 bits per heavy atom. The minimum absolute atomic E-state index is 0.264. The molecule has 1 atom stereocenters. The predicted octanol–water partition coefficient (Wildman–Crippen LogP) is 1.73. The number of nitrogens with zero attached hydrogens (tertiary/aromatic N) is 2. The molecule has 10 heteroatoms. The fourth-order valence-electron chi connectivity index (χ4n) is 3.14. The summed E-state index contributed by atoms with van der Waals surface area (Å²) < 4.78 is 30.7. The largest absolute Gasteiger partial charge is 0.439 e. The van der Waals surface area contributed by atoms with Crippen molar-refractivity contribution in [3.05, 3.63) is 48.2 Å². The lowest BCUT2D eigenvalue weighted by molar-refractivity contribution is -0.120. The first-order valence-electron chi connectivity index (χ1n) is 9.05. The van der Waals surface area contributed by atoms with Crippen LogP contribution in [0.15, 0.2) is 42.6 Å². The van der Waals surface area contributed by atoms with Gasteiger partial charge in [-0.05, 0) is 37.1 Å². The second-order valence-corrected chi connectivity index (χ2v) is 8.69. The van der Waals surface area contributed by atoms with Crippen molar-refractivity contribution in [1.82, 2.24) is 9.29 Å². The van der Waals surface area contributed by atoms with Crippen molar-refractivity contribution in [3.8, 4) is 11.6 Å². The number of hydrogen-bond donors (Lipinski definition) is 2. The van der Waals surface area contributed by atoms with Crippen molar-refractivity contribution in [2.75, 3.05) is 18.1 Å². The molecule has 3 rings (SSSR count). The number of carbonyl (C=O) groups excluding carboxylic acids is 2. The molecule has 2 heterocycles. The molecule has 1 aromatic heterocycles. The summed E-state index contributed by atoms with van der Waals surface area (Å²) >= 11 is 0. The molecular weight excluding hydrogens is 396 g/mol. The van der Waals surface area contributed by atoms with Crippen LogP contribution in [-0.4, -0.2) is 48.4 Å². The zero-order valence-corrected chi connectivity index (χ0v) is 16.7. The Kier molecular flexibility index (Phi) is 6.14. The van der Waals surface area contributed by atoms with E-state index >= 15 is 0 Å². The monoisotopic (exact) mass is 418 g/mol.